The SMILES string of the molecule is CCc1ccc(NC(=O)C2CCC(=O)N2c2ccc(C)cc2)cc1. The lowest BCUT2D eigenvalue weighted by atomic mass is 10.1. The first-order valence-electron chi connectivity index (χ1n) is 8.37. The lowest BCUT2D eigenvalue weighted by molar-refractivity contribution is -0.120. The largest absolute Gasteiger partial charge is 0.324 e. The molecule has 2 aromatic rings. The Morgan fingerprint density at radius 2 is 1.79 bits per heavy atom. The van der Waals surface area contributed by atoms with Crippen molar-refractivity contribution < 1.29 is 9.59 Å². The monoisotopic (exact) mass is 322 g/mol. The molecule has 24 heavy (non-hydrogen) atoms. The summed E-state index contributed by atoms with van der Waals surface area (Å²) in [6.07, 6.45) is 1.92. The van der Waals surface area contributed by atoms with E-state index in [1.165, 1.54) is 5.56 Å². The van der Waals surface area contributed by atoms with Crippen LogP contribution in [0.15, 0.2) is 48.5 Å². The van der Waals surface area contributed by atoms with E-state index in [2.05, 4.69) is 12.2 Å². The van der Waals surface area contributed by atoms with Crippen LogP contribution in [0, 0.1) is 6.92 Å². The van der Waals surface area contributed by atoms with Crippen LogP contribution in [-0.2, 0) is 16.0 Å². The highest BCUT2D eigenvalue weighted by Gasteiger charge is 2.37. The summed E-state index contributed by atoms with van der Waals surface area (Å²) in [5.74, 6) is -0.133. The van der Waals surface area contributed by atoms with Crippen LogP contribution >= 0.6 is 0 Å². The Morgan fingerprint density at radius 3 is 2.42 bits per heavy atom. The number of hydrogen-bond donors (Lipinski definition) is 1. The molecule has 0 spiro atoms. The zero-order chi connectivity index (χ0) is 17.1. The van der Waals surface area contributed by atoms with Gasteiger partial charge >= 0.3 is 0 Å². The van der Waals surface area contributed by atoms with Crippen LogP contribution in [0.1, 0.15) is 30.9 Å². The zero-order valence-electron chi connectivity index (χ0n) is 14.1. The zero-order valence-corrected chi connectivity index (χ0v) is 14.1. The summed E-state index contributed by atoms with van der Waals surface area (Å²) in [7, 11) is 0. The van der Waals surface area contributed by atoms with Crippen LogP contribution in [0.25, 0.3) is 0 Å². The number of nitrogens with zero attached hydrogens (tertiary/aromatic N) is 1. The lowest BCUT2D eigenvalue weighted by Gasteiger charge is -2.24. The highest BCUT2D eigenvalue weighted by Crippen LogP contribution is 2.28. The number of amides is 2. The first kappa shape index (κ1) is 16.2. The molecule has 0 saturated carbocycles. The molecule has 1 N–H and O–H groups in total. The van der Waals surface area contributed by atoms with Crippen molar-refractivity contribution in [3.05, 3.63) is 59.7 Å². The van der Waals surface area contributed by atoms with E-state index in [0.29, 0.717) is 12.8 Å². The van der Waals surface area contributed by atoms with Crippen molar-refractivity contribution in [3.8, 4) is 0 Å². The van der Waals surface area contributed by atoms with E-state index in [0.717, 1.165) is 23.4 Å². The van der Waals surface area contributed by atoms with Gasteiger partial charge < -0.3 is 5.32 Å². The number of carbonyl (C=O) groups is 2. The van der Waals surface area contributed by atoms with Gasteiger partial charge in [0.05, 0.1) is 0 Å². The molecule has 1 fully saturated rings. The Kier molecular flexibility index (Phi) is 4.65. The third-order valence-corrected chi connectivity index (χ3v) is 4.46. The first-order chi connectivity index (χ1) is 11.6. The van der Waals surface area contributed by atoms with Gasteiger partial charge in [0.25, 0.3) is 0 Å². The normalized spacial score (nSPS) is 17.2. The predicted molar refractivity (Wildman–Crippen MR) is 96.1 cm³/mol. The molecule has 1 atom stereocenters. The first-order valence-corrected chi connectivity index (χ1v) is 8.37. The standard InChI is InChI=1S/C20H22N2O2/c1-3-15-6-8-16(9-7-15)21-20(24)18-12-13-19(23)22(18)17-10-4-14(2)5-11-17/h4-11,18H,3,12-13H2,1-2H3,(H,21,24). The van der Waals surface area contributed by atoms with E-state index >= 15 is 0 Å². The highest BCUT2D eigenvalue weighted by molar-refractivity contribution is 6.07. The van der Waals surface area contributed by atoms with Crippen molar-refractivity contribution >= 4 is 23.2 Å². The fraction of sp³-hybridized carbons (Fsp3) is 0.300. The number of hydrogen-bond acceptors (Lipinski definition) is 2. The average Bonchev–Trinajstić information content (AvgIpc) is 2.98. The Labute approximate surface area is 142 Å². The van der Waals surface area contributed by atoms with E-state index in [-0.39, 0.29) is 11.8 Å². The summed E-state index contributed by atoms with van der Waals surface area (Å²) in [6.45, 7) is 4.09. The van der Waals surface area contributed by atoms with Crippen LogP contribution in [0.4, 0.5) is 11.4 Å². The Bertz CT molecular complexity index is 735. The molecule has 1 unspecified atom stereocenters. The number of aryl methyl sites for hydroxylation is 2. The van der Waals surface area contributed by atoms with Gasteiger partial charge in [-0.25, -0.2) is 0 Å². The fourth-order valence-electron chi connectivity index (χ4n) is 3.01. The summed E-state index contributed by atoms with van der Waals surface area (Å²) >= 11 is 0. The lowest BCUT2D eigenvalue weighted by Crippen LogP contribution is -2.41. The summed E-state index contributed by atoms with van der Waals surface area (Å²) in [6, 6.07) is 15.1. The predicted octanol–water partition coefficient (Wildman–Crippen LogP) is 3.69. The highest BCUT2D eigenvalue weighted by atomic mass is 16.2. The summed E-state index contributed by atoms with van der Waals surface area (Å²) in [5.41, 5.74) is 3.90. The van der Waals surface area contributed by atoms with Crippen LogP contribution in [0.2, 0.25) is 0 Å². The van der Waals surface area contributed by atoms with Crippen molar-refractivity contribution in [2.75, 3.05) is 10.2 Å². The molecule has 0 aromatic heterocycles. The Balaban J connectivity index is 1.77. The molecule has 1 saturated heterocycles. The molecular formula is C20H22N2O2. The van der Waals surface area contributed by atoms with E-state index in [1.54, 1.807) is 4.90 Å². The van der Waals surface area contributed by atoms with Gasteiger partial charge in [0.15, 0.2) is 0 Å². The maximum atomic E-state index is 12.7. The van der Waals surface area contributed by atoms with Gasteiger partial charge in [0.1, 0.15) is 6.04 Å². The van der Waals surface area contributed by atoms with Crippen molar-refractivity contribution in [2.24, 2.45) is 0 Å². The van der Waals surface area contributed by atoms with Crippen molar-refractivity contribution in [3.63, 3.8) is 0 Å². The molecule has 2 aromatic carbocycles. The molecule has 3 rings (SSSR count). The second-order valence-corrected chi connectivity index (χ2v) is 6.19. The molecule has 1 heterocycles. The van der Waals surface area contributed by atoms with Gasteiger partial charge in [-0.3, -0.25) is 14.5 Å². The third-order valence-electron chi connectivity index (χ3n) is 4.46. The van der Waals surface area contributed by atoms with Gasteiger partial charge in [0, 0.05) is 17.8 Å². The minimum atomic E-state index is -0.453. The molecule has 0 aliphatic carbocycles. The van der Waals surface area contributed by atoms with E-state index < -0.39 is 6.04 Å². The molecular weight excluding hydrogens is 300 g/mol. The molecule has 2 amide bonds. The maximum Gasteiger partial charge on any atom is 0.247 e. The summed E-state index contributed by atoms with van der Waals surface area (Å²) in [4.78, 5) is 26.5. The molecule has 1 aliphatic heterocycles. The van der Waals surface area contributed by atoms with Crippen LogP contribution in [0.3, 0.4) is 0 Å². The number of benzene rings is 2. The molecule has 4 heteroatoms. The van der Waals surface area contributed by atoms with E-state index in [1.807, 2.05) is 55.5 Å². The van der Waals surface area contributed by atoms with E-state index in [4.69, 9.17) is 0 Å². The molecule has 0 bridgehead atoms. The molecule has 4 nitrogen and oxygen atoms in total. The van der Waals surface area contributed by atoms with Crippen molar-refractivity contribution in [1.29, 1.82) is 0 Å². The maximum absolute atomic E-state index is 12.7. The topological polar surface area (TPSA) is 49.4 Å². The smallest absolute Gasteiger partial charge is 0.247 e. The van der Waals surface area contributed by atoms with Gasteiger partial charge in [-0.15, -0.1) is 0 Å². The van der Waals surface area contributed by atoms with Gasteiger partial charge in [-0.1, -0.05) is 36.8 Å². The third kappa shape index (κ3) is 3.32. The summed E-state index contributed by atoms with van der Waals surface area (Å²) < 4.78 is 0. The number of nitrogens with one attached hydrogen (secondary N) is 1. The average molecular weight is 322 g/mol. The van der Waals surface area contributed by atoms with E-state index in [9.17, 15) is 9.59 Å². The van der Waals surface area contributed by atoms with Crippen molar-refractivity contribution in [2.45, 2.75) is 39.2 Å². The fourth-order valence-corrected chi connectivity index (χ4v) is 3.01. The minimum Gasteiger partial charge on any atom is -0.324 e. The second-order valence-electron chi connectivity index (χ2n) is 6.19. The molecule has 124 valence electrons. The summed E-state index contributed by atoms with van der Waals surface area (Å²) in [5, 5.41) is 2.93. The molecule has 1 aliphatic rings. The number of anilines is 2. The molecule has 0 radical (unpaired) electrons. The van der Waals surface area contributed by atoms with Crippen LogP contribution in [0.5, 0.6) is 0 Å². The Hall–Kier alpha value is -2.62. The van der Waals surface area contributed by atoms with Gasteiger partial charge in [-0.05, 0) is 49.6 Å². The number of carbonyl (C=O) groups excluding carboxylic acids is 2. The van der Waals surface area contributed by atoms with Crippen LogP contribution < -0.4 is 10.2 Å². The Morgan fingerprint density at radius 1 is 1.12 bits per heavy atom. The minimum absolute atomic E-state index is 0.000309. The second kappa shape index (κ2) is 6.87. The van der Waals surface area contributed by atoms with Gasteiger partial charge in [0.2, 0.25) is 11.8 Å². The van der Waals surface area contributed by atoms with Gasteiger partial charge in [-0.2, -0.15) is 0 Å². The van der Waals surface area contributed by atoms with Crippen molar-refractivity contribution in [1.82, 2.24) is 0 Å². The quantitative estimate of drug-likeness (QED) is 0.933. The number of rotatable bonds is 4. The van der Waals surface area contributed by atoms with Crippen LogP contribution in [-0.4, -0.2) is 17.9 Å².